The monoisotopic (exact) mass is 223 g/mol. The van der Waals surface area contributed by atoms with E-state index in [9.17, 15) is 10.1 Å². The van der Waals surface area contributed by atoms with Crippen molar-refractivity contribution in [1.29, 1.82) is 5.41 Å². The number of nitro benzene ring substituents is 1. The van der Waals surface area contributed by atoms with E-state index in [0.717, 1.165) is 0 Å². The lowest BCUT2D eigenvalue weighted by Gasteiger charge is -2.14. The van der Waals surface area contributed by atoms with Gasteiger partial charge in [0.15, 0.2) is 6.10 Å². The molecule has 0 saturated heterocycles. The van der Waals surface area contributed by atoms with Crippen molar-refractivity contribution in [3.05, 3.63) is 33.9 Å². The van der Waals surface area contributed by atoms with Crippen molar-refractivity contribution >= 4 is 11.5 Å². The van der Waals surface area contributed by atoms with Gasteiger partial charge in [-0.05, 0) is 25.5 Å². The summed E-state index contributed by atoms with van der Waals surface area (Å²) in [5, 5.41) is 17.7. The van der Waals surface area contributed by atoms with Gasteiger partial charge < -0.3 is 10.5 Å². The van der Waals surface area contributed by atoms with E-state index in [1.165, 1.54) is 18.2 Å². The van der Waals surface area contributed by atoms with Crippen molar-refractivity contribution in [1.82, 2.24) is 0 Å². The zero-order chi connectivity index (χ0) is 12.3. The third kappa shape index (κ3) is 2.69. The zero-order valence-corrected chi connectivity index (χ0v) is 9.06. The van der Waals surface area contributed by atoms with Gasteiger partial charge in [0, 0.05) is 12.1 Å². The van der Waals surface area contributed by atoms with E-state index in [4.69, 9.17) is 15.9 Å². The van der Waals surface area contributed by atoms with Gasteiger partial charge in [0.25, 0.3) is 5.69 Å². The maximum absolute atomic E-state index is 10.5. The van der Waals surface area contributed by atoms with E-state index in [0.29, 0.717) is 11.3 Å². The Labute approximate surface area is 92.7 Å². The highest BCUT2D eigenvalue weighted by Crippen LogP contribution is 2.23. The molecular formula is C10H13N3O3. The molecule has 0 spiro atoms. The number of hydrogen-bond acceptors (Lipinski definition) is 4. The number of nitrogens with one attached hydrogen (secondary N) is 1. The van der Waals surface area contributed by atoms with E-state index in [-0.39, 0.29) is 11.5 Å². The van der Waals surface area contributed by atoms with Crippen molar-refractivity contribution in [2.24, 2.45) is 5.73 Å². The van der Waals surface area contributed by atoms with Crippen molar-refractivity contribution < 1.29 is 9.66 Å². The van der Waals surface area contributed by atoms with Crippen LogP contribution >= 0.6 is 0 Å². The SMILES string of the molecule is Cc1cc([N+](=O)[O-])ccc1OC(C)C(=N)N. The fraction of sp³-hybridized carbons (Fsp3) is 0.300. The molecule has 6 nitrogen and oxygen atoms in total. The normalized spacial score (nSPS) is 11.9. The molecular weight excluding hydrogens is 210 g/mol. The predicted molar refractivity (Wildman–Crippen MR) is 59.8 cm³/mol. The van der Waals surface area contributed by atoms with Gasteiger partial charge in [0.1, 0.15) is 11.6 Å². The van der Waals surface area contributed by atoms with Gasteiger partial charge in [0.05, 0.1) is 4.92 Å². The molecule has 0 bridgehead atoms. The molecule has 16 heavy (non-hydrogen) atoms. The van der Waals surface area contributed by atoms with E-state index < -0.39 is 11.0 Å². The number of aryl methyl sites for hydroxylation is 1. The van der Waals surface area contributed by atoms with Crippen molar-refractivity contribution in [3.63, 3.8) is 0 Å². The standard InChI is InChI=1S/C10H13N3O3/c1-6-5-8(13(14)15)3-4-9(6)16-7(2)10(11)12/h3-5,7H,1-2H3,(H3,11,12). The zero-order valence-electron chi connectivity index (χ0n) is 9.06. The highest BCUT2D eigenvalue weighted by molar-refractivity contribution is 5.81. The number of amidine groups is 1. The fourth-order valence-corrected chi connectivity index (χ4v) is 1.13. The Bertz CT molecular complexity index is 431. The van der Waals surface area contributed by atoms with Crippen LogP contribution in [0.4, 0.5) is 5.69 Å². The van der Waals surface area contributed by atoms with Crippen LogP contribution in [0.25, 0.3) is 0 Å². The van der Waals surface area contributed by atoms with Gasteiger partial charge in [-0.3, -0.25) is 15.5 Å². The summed E-state index contributed by atoms with van der Waals surface area (Å²) in [6.07, 6.45) is -0.542. The second-order valence-electron chi connectivity index (χ2n) is 3.42. The number of rotatable bonds is 4. The van der Waals surface area contributed by atoms with Crippen LogP contribution in [0.15, 0.2) is 18.2 Å². The molecule has 1 aromatic rings. The molecule has 0 amide bonds. The minimum absolute atomic E-state index is 0.0142. The van der Waals surface area contributed by atoms with Crippen LogP contribution in [-0.4, -0.2) is 16.9 Å². The van der Waals surface area contributed by atoms with Crippen molar-refractivity contribution in [2.45, 2.75) is 20.0 Å². The summed E-state index contributed by atoms with van der Waals surface area (Å²) in [5.74, 6) is 0.408. The van der Waals surface area contributed by atoms with Gasteiger partial charge in [-0.2, -0.15) is 0 Å². The first-order valence-electron chi connectivity index (χ1n) is 4.67. The molecule has 1 rings (SSSR count). The van der Waals surface area contributed by atoms with Crippen molar-refractivity contribution in [3.8, 4) is 5.75 Å². The molecule has 1 atom stereocenters. The van der Waals surface area contributed by atoms with Gasteiger partial charge in [-0.25, -0.2) is 0 Å². The highest BCUT2D eigenvalue weighted by Gasteiger charge is 2.12. The smallest absolute Gasteiger partial charge is 0.269 e. The Hall–Kier alpha value is -2.11. The summed E-state index contributed by atoms with van der Waals surface area (Å²) in [7, 11) is 0. The summed E-state index contributed by atoms with van der Waals surface area (Å²) in [6, 6.07) is 4.28. The fourth-order valence-electron chi connectivity index (χ4n) is 1.13. The molecule has 86 valence electrons. The van der Waals surface area contributed by atoms with Gasteiger partial charge in [0.2, 0.25) is 0 Å². The van der Waals surface area contributed by atoms with Crippen LogP contribution in [0.3, 0.4) is 0 Å². The molecule has 0 aliphatic rings. The topological polar surface area (TPSA) is 102 Å². The third-order valence-electron chi connectivity index (χ3n) is 2.11. The highest BCUT2D eigenvalue weighted by atomic mass is 16.6. The van der Waals surface area contributed by atoms with E-state index in [2.05, 4.69) is 0 Å². The number of nitrogens with two attached hydrogens (primary N) is 1. The second-order valence-corrected chi connectivity index (χ2v) is 3.42. The minimum Gasteiger partial charge on any atom is -0.483 e. The number of nitrogens with zero attached hydrogens (tertiary/aromatic N) is 1. The van der Waals surface area contributed by atoms with Crippen LogP contribution in [0.2, 0.25) is 0 Å². The number of hydrogen-bond donors (Lipinski definition) is 2. The molecule has 0 fully saturated rings. The van der Waals surface area contributed by atoms with E-state index >= 15 is 0 Å². The molecule has 0 aliphatic carbocycles. The Balaban J connectivity index is 2.91. The number of nitro groups is 1. The van der Waals surface area contributed by atoms with Crippen molar-refractivity contribution in [2.75, 3.05) is 0 Å². The maximum Gasteiger partial charge on any atom is 0.269 e. The second kappa shape index (κ2) is 4.61. The third-order valence-corrected chi connectivity index (χ3v) is 2.11. The maximum atomic E-state index is 10.5. The summed E-state index contributed by atoms with van der Waals surface area (Å²) in [6.45, 7) is 3.35. The Morgan fingerprint density at radius 2 is 2.25 bits per heavy atom. The first-order chi connectivity index (χ1) is 7.41. The lowest BCUT2D eigenvalue weighted by Crippen LogP contribution is -2.30. The molecule has 1 unspecified atom stereocenters. The predicted octanol–water partition coefficient (Wildman–Crippen LogP) is 1.61. The summed E-state index contributed by atoms with van der Waals surface area (Å²) in [5.41, 5.74) is 5.92. The Kier molecular flexibility index (Phi) is 3.44. The first kappa shape index (κ1) is 12.0. The van der Waals surface area contributed by atoms with E-state index in [1.54, 1.807) is 13.8 Å². The molecule has 0 radical (unpaired) electrons. The quantitative estimate of drug-likeness (QED) is 0.350. The van der Waals surface area contributed by atoms with Gasteiger partial charge in [-0.15, -0.1) is 0 Å². The molecule has 3 N–H and O–H groups in total. The average molecular weight is 223 g/mol. The molecule has 1 aromatic carbocycles. The van der Waals surface area contributed by atoms with Gasteiger partial charge in [-0.1, -0.05) is 0 Å². The first-order valence-corrected chi connectivity index (χ1v) is 4.67. The molecule has 0 aromatic heterocycles. The van der Waals surface area contributed by atoms with Gasteiger partial charge >= 0.3 is 0 Å². The number of benzene rings is 1. The summed E-state index contributed by atoms with van der Waals surface area (Å²) >= 11 is 0. The Morgan fingerprint density at radius 3 is 2.69 bits per heavy atom. The Morgan fingerprint density at radius 1 is 1.62 bits per heavy atom. The largest absolute Gasteiger partial charge is 0.483 e. The summed E-state index contributed by atoms with van der Waals surface area (Å²) < 4.78 is 5.37. The minimum atomic E-state index is -0.542. The van der Waals surface area contributed by atoms with Crippen LogP contribution in [0.5, 0.6) is 5.75 Å². The number of ether oxygens (including phenoxy) is 1. The molecule has 0 aliphatic heterocycles. The van der Waals surface area contributed by atoms with E-state index in [1.807, 2.05) is 0 Å². The van der Waals surface area contributed by atoms with Crippen LogP contribution < -0.4 is 10.5 Å². The van der Waals surface area contributed by atoms with Crippen LogP contribution in [0.1, 0.15) is 12.5 Å². The lowest BCUT2D eigenvalue weighted by molar-refractivity contribution is -0.384. The molecule has 6 heteroatoms. The summed E-state index contributed by atoms with van der Waals surface area (Å²) in [4.78, 5) is 10.0. The van der Waals surface area contributed by atoms with Crippen LogP contribution in [0, 0.1) is 22.4 Å². The van der Waals surface area contributed by atoms with Crippen LogP contribution in [-0.2, 0) is 0 Å². The molecule has 0 heterocycles. The lowest BCUT2D eigenvalue weighted by atomic mass is 10.2. The molecule has 0 saturated carbocycles. The average Bonchev–Trinajstić information content (AvgIpc) is 2.20. The number of non-ortho nitro benzene ring substituents is 1.